The molecule has 0 bridgehead atoms. The number of hydrogen-bond donors (Lipinski definition) is 0. The van der Waals surface area contributed by atoms with Crippen molar-refractivity contribution in [2.24, 2.45) is 5.92 Å². The Morgan fingerprint density at radius 3 is 2.88 bits per heavy atom. The standard InChI is InChI=1S/C11H13ClN2O2/c1-8-5-6-13(7-8)10-4-2-3-9(12)11(10)14(15)16/h2-4,8H,5-7H2,1H3. The van der Waals surface area contributed by atoms with E-state index in [1.54, 1.807) is 18.2 Å². The Kier molecular flexibility index (Phi) is 3.01. The van der Waals surface area contributed by atoms with E-state index in [1.165, 1.54) is 0 Å². The molecule has 1 aromatic carbocycles. The number of anilines is 1. The molecule has 0 radical (unpaired) electrons. The molecule has 86 valence electrons. The van der Waals surface area contributed by atoms with Crippen molar-refractivity contribution in [1.82, 2.24) is 0 Å². The molecule has 1 aliphatic heterocycles. The Bertz CT molecular complexity index is 422. The topological polar surface area (TPSA) is 46.4 Å². The number of para-hydroxylation sites is 1. The minimum absolute atomic E-state index is 0.0262. The van der Waals surface area contributed by atoms with Crippen LogP contribution in [0.3, 0.4) is 0 Å². The maximum atomic E-state index is 11.0. The summed E-state index contributed by atoms with van der Waals surface area (Å²) >= 11 is 5.87. The van der Waals surface area contributed by atoms with E-state index in [1.807, 2.05) is 4.90 Å². The van der Waals surface area contributed by atoms with Crippen molar-refractivity contribution < 1.29 is 4.92 Å². The molecule has 1 fully saturated rings. The lowest BCUT2D eigenvalue weighted by atomic mass is 10.2. The maximum Gasteiger partial charge on any atom is 0.310 e. The van der Waals surface area contributed by atoms with Crippen molar-refractivity contribution in [2.75, 3.05) is 18.0 Å². The maximum absolute atomic E-state index is 11.0. The fourth-order valence-corrected chi connectivity index (χ4v) is 2.33. The summed E-state index contributed by atoms with van der Waals surface area (Å²) in [5.74, 6) is 0.582. The van der Waals surface area contributed by atoms with Gasteiger partial charge in [-0.15, -0.1) is 0 Å². The second kappa shape index (κ2) is 4.29. The highest BCUT2D eigenvalue weighted by molar-refractivity contribution is 6.33. The summed E-state index contributed by atoms with van der Waals surface area (Å²) in [6.45, 7) is 3.87. The summed E-state index contributed by atoms with van der Waals surface area (Å²) in [4.78, 5) is 12.6. The predicted octanol–water partition coefficient (Wildman–Crippen LogP) is 3.09. The van der Waals surface area contributed by atoms with E-state index in [-0.39, 0.29) is 10.7 Å². The highest BCUT2D eigenvalue weighted by Crippen LogP contribution is 2.37. The van der Waals surface area contributed by atoms with Crippen LogP contribution in [0.1, 0.15) is 13.3 Å². The lowest BCUT2D eigenvalue weighted by Crippen LogP contribution is -2.20. The normalized spacial score (nSPS) is 20.1. The number of benzene rings is 1. The van der Waals surface area contributed by atoms with Gasteiger partial charge in [-0.2, -0.15) is 0 Å². The summed E-state index contributed by atoms with van der Waals surface area (Å²) < 4.78 is 0. The third-order valence-electron chi connectivity index (χ3n) is 2.91. The van der Waals surface area contributed by atoms with Crippen LogP contribution in [0.2, 0.25) is 5.02 Å². The SMILES string of the molecule is CC1CCN(c2cccc(Cl)c2[N+](=O)[O-])C1. The number of halogens is 1. The van der Waals surface area contributed by atoms with Gasteiger partial charge in [0, 0.05) is 13.1 Å². The lowest BCUT2D eigenvalue weighted by Gasteiger charge is -2.18. The van der Waals surface area contributed by atoms with E-state index >= 15 is 0 Å². The third kappa shape index (κ3) is 1.97. The third-order valence-corrected chi connectivity index (χ3v) is 3.22. The Balaban J connectivity index is 2.40. The van der Waals surface area contributed by atoms with Gasteiger partial charge in [-0.25, -0.2) is 0 Å². The molecule has 1 atom stereocenters. The van der Waals surface area contributed by atoms with Gasteiger partial charge >= 0.3 is 5.69 Å². The first-order valence-electron chi connectivity index (χ1n) is 5.27. The molecule has 2 rings (SSSR count). The molecule has 1 aliphatic rings. The molecular formula is C11H13ClN2O2. The van der Waals surface area contributed by atoms with Crippen LogP contribution < -0.4 is 4.90 Å². The summed E-state index contributed by atoms with van der Waals surface area (Å²) in [6.07, 6.45) is 1.07. The molecule has 1 heterocycles. The van der Waals surface area contributed by atoms with E-state index in [4.69, 9.17) is 11.6 Å². The van der Waals surface area contributed by atoms with E-state index in [2.05, 4.69) is 6.92 Å². The van der Waals surface area contributed by atoms with Crippen LogP contribution >= 0.6 is 11.6 Å². The first-order chi connectivity index (χ1) is 7.59. The first kappa shape index (κ1) is 11.2. The number of nitrogens with zero attached hydrogens (tertiary/aromatic N) is 2. The van der Waals surface area contributed by atoms with Crippen LogP contribution in [0.25, 0.3) is 0 Å². The monoisotopic (exact) mass is 240 g/mol. The Morgan fingerprint density at radius 1 is 1.56 bits per heavy atom. The molecule has 0 amide bonds. The van der Waals surface area contributed by atoms with Gasteiger partial charge in [0.15, 0.2) is 0 Å². The molecular weight excluding hydrogens is 228 g/mol. The molecule has 0 saturated carbocycles. The van der Waals surface area contributed by atoms with Gasteiger partial charge < -0.3 is 4.90 Å². The zero-order valence-corrected chi connectivity index (χ0v) is 9.78. The average molecular weight is 241 g/mol. The molecule has 16 heavy (non-hydrogen) atoms. The number of hydrogen-bond acceptors (Lipinski definition) is 3. The summed E-state index contributed by atoms with van der Waals surface area (Å²) in [5, 5.41) is 11.2. The largest absolute Gasteiger partial charge is 0.366 e. The summed E-state index contributed by atoms with van der Waals surface area (Å²) in [6, 6.07) is 5.08. The zero-order valence-electron chi connectivity index (χ0n) is 9.02. The minimum atomic E-state index is -0.402. The second-order valence-corrected chi connectivity index (χ2v) is 4.61. The highest BCUT2D eigenvalue weighted by atomic mass is 35.5. The van der Waals surface area contributed by atoms with Crippen molar-refractivity contribution in [3.8, 4) is 0 Å². The minimum Gasteiger partial charge on any atom is -0.366 e. The van der Waals surface area contributed by atoms with Crippen molar-refractivity contribution >= 4 is 23.0 Å². The van der Waals surface area contributed by atoms with Crippen LogP contribution in [0.5, 0.6) is 0 Å². The second-order valence-electron chi connectivity index (χ2n) is 4.20. The summed E-state index contributed by atoms with van der Waals surface area (Å²) in [5.41, 5.74) is 0.667. The molecule has 0 aliphatic carbocycles. The quantitative estimate of drug-likeness (QED) is 0.590. The van der Waals surface area contributed by atoms with Crippen LogP contribution in [0.15, 0.2) is 18.2 Å². The van der Waals surface area contributed by atoms with Gasteiger partial charge in [0.1, 0.15) is 10.7 Å². The Labute approximate surface area is 99.0 Å². The van der Waals surface area contributed by atoms with E-state index < -0.39 is 4.92 Å². The van der Waals surface area contributed by atoms with Crippen LogP contribution in [0.4, 0.5) is 11.4 Å². The van der Waals surface area contributed by atoms with Gasteiger partial charge in [0.05, 0.1) is 4.92 Å². The Hall–Kier alpha value is -1.29. The molecule has 0 spiro atoms. The van der Waals surface area contributed by atoms with Crippen molar-refractivity contribution in [3.05, 3.63) is 33.3 Å². The molecule has 1 unspecified atom stereocenters. The number of nitro groups is 1. The van der Waals surface area contributed by atoms with Crippen LogP contribution in [0, 0.1) is 16.0 Å². The number of nitro benzene ring substituents is 1. The molecule has 1 aromatic rings. The van der Waals surface area contributed by atoms with Crippen molar-refractivity contribution in [1.29, 1.82) is 0 Å². The first-order valence-corrected chi connectivity index (χ1v) is 5.65. The number of rotatable bonds is 2. The smallest absolute Gasteiger partial charge is 0.310 e. The van der Waals surface area contributed by atoms with Gasteiger partial charge in [-0.1, -0.05) is 24.6 Å². The van der Waals surface area contributed by atoms with E-state index in [9.17, 15) is 10.1 Å². The lowest BCUT2D eigenvalue weighted by molar-refractivity contribution is -0.384. The van der Waals surface area contributed by atoms with Gasteiger partial charge in [0.25, 0.3) is 0 Å². The van der Waals surface area contributed by atoms with Gasteiger partial charge in [-0.05, 0) is 24.5 Å². The van der Waals surface area contributed by atoms with Gasteiger partial charge in [0.2, 0.25) is 0 Å². The fourth-order valence-electron chi connectivity index (χ4n) is 2.09. The van der Waals surface area contributed by atoms with E-state index in [0.29, 0.717) is 11.6 Å². The van der Waals surface area contributed by atoms with Crippen molar-refractivity contribution in [2.45, 2.75) is 13.3 Å². The van der Waals surface area contributed by atoms with Gasteiger partial charge in [-0.3, -0.25) is 10.1 Å². The molecule has 0 N–H and O–H groups in total. The Morgan fingerprint density at radius 2 is 2.31 bits per heavy atom. The molecule has 4 nitrogen and oxygen atoms in total. The average Bonchev–Trinajstić information content (AvgIpc) is 2.63. The van der Waals surface area contributed by atoms with E-state index in [0.717, 1.165) is 19.5 Å². The zero-order chi connectivity index (χ0) is 11.7. The fraction of sp³-hybridized carbons (Fsp3) is 0.455. The molecule has 1 saturated heterocycles. The van der Waals surface area contributed by atoms with Crippen LogP contribution in [-0.4, -0.2) is 18.0 Å². The highest BCUT2D eigenvalue weighted by Gasteiger charge is 2.27. The summed E-state index contributed by atoms with van der Waals surface area (Å²) in [7, 11) is 0. The predicted molar refractivity (Wildman–Crippen MR) is 64.1 cm³/mol. The molecule has 5 heteroatoms. The van der Waals surface area contributed by atoms with Crippen molar-refractivity contribution in [3.63, 3.8) is 0 Å². The van der Waals surface area contributed by atoms with Crippen LogP contribution in [-0.2, 0) is 0 Å². The molecule has 0 aromatic heterocycles.